The van der Waals surface area contributed by atoms with Gasteiger partial charge in [0.2, 0.25) is 5.88 Å². The highest BCUT2D eigenvalue weighted by molar-refractivity contribution is 7.85. The first kappa shape index (κ1) is 22.8. The van der Waals surface area contributed by atoms with E-state index in [1.807, 2.05) is 73.8 Å². The van der Waals surface area contributed by atoms with Crippen LogP contribution in [0.4, 0.5) is 0 Å². The van der Waals surface area contributed by atoms with Crippen molar-refractivity contribution in [3.05, 3.63) is 89.2 Å². The maximum absolute atomic E-state index is 11.5. The first-order valence-electron chi connectivity index (χ1n) is 10.6. The van der Waals surface area contributed by atoms with Gasteiger partial charge in [-0.1, -0.05) is 42.5 Å². The van der Waals surface area contributed by atoms with E-state index in [2.05, 4.69) is 9.55 Å². The predicted octanol–water partition coefficient (Wildman–Crippen LogP) is 4.41. The molecule has 0 aliphatic heterocycles. The molecule has 2 aromatic carbocycles. The third-order valence-electron chi connectivity index (χ3n) is 5.50. The number of aryl methyl sites for hydroxylation is 2. The zero-order valence-electron chi connectivity index (χ0n) is 18.6. The summed E-state index contributed by atoms with van der Waals surface area (Å²) in [6.07, 6.45) is 2.06. The van der Waals surface area contributed by atoms with Crippen molar-refractivity contribution in [2.45, 2.75) is 26.5 Å². The molecule has 0 unspecified atom stereocenters. The van der Waals surface area contributed by atoms with Crippen LogP contribution in [0.5, 0.6) is 11.6 Å². The van der Waals surface area contributed by atoms with Crippen molar-refractivity contribution in [1.29, 1.82) is 0 Å². The summed E-state index contributed by atoms with van der Waals surface area (Å²) in [5.74, 6) is 0.773. The zero-order chi connectivity index (χ0) is 23.4. The van der Waals surface area contributed by atoms with E-state index in [0.717, 1.165) is 33.5 Å². The van der Waals surface area contributed by atoms with Crippen molar-refractivity contribution >= 4 is 21.0 Å². The Morgan fingerprint density at radius 2 is 1.73 bits per heavy atom. The van der Waals surface area contributed by atoms with Crippen molar-refractivity contribution in [2.75, 3.05) is 12.9 Å². The quantitative estimate of drug-likeness (QED) is 0.368. The highest BCUT2D eigenvalue weighted by atomic mass is 32.2. The smallest absolute Gasteiger partial charge is 0.265 e. The average Bonchev–Trinajstić information content (AvgIpc) is 3.22. The van der Waals surface area contributed by atoms with E-state index in [0.29, 0.717) is 24.6 Å². The van der Waals surface area contributed by atoms with Gasteiger partial charge in [-0.3, -0.25) is 4.55 Å². The Labute approximate surface area is 193 Å². The molecule has 1 N–H and O–H groups in total. The van der Waals surface area contributed by atoms with E-state index >= 15 is 0 Å². The van der Waals surface area contributed by atoms with Crippen LogP contribution in [0.1, 0.15) is 22.4 Å². The molecule has 0 radical (unpaired) electrons. The van der Waals surface area contributed by atoms with Gasteiger partial charge in [-0.2, -0.15) is 8.42 Å². The molecule has 0 saturated heterocycles. The van der Waals surface area contributed by atoms with E-state index in [9.17, 15) is 13.0 Å². The Hall–Kier alpha value is -3.36. The number of pyridine rings is 1. The Balaban J connectivity index is 1.71. The van der Waals surface area contributed by atoms with Gasteiger partial charge in [0.25, 0.3) is 10.1 Å². The molecule has 0 saturated carbocycles. The van der Waals surface area contributed by atoms with E-state index < -0.39 is 15.9 Å². The Morgan fingerprint density at radius 3 is 2.39 bits per heavy atom. The first-order chi connectivity index (χ1) is 15.8. The van der Waals surface area contributed by atoms with Crippen molar-refractivity contribution < 1.29 is 22.4 Å². The van der Waals surface area contributed by atoms with Crippen molar-refractivity contribution in [3.63, 3.8) is 0 Å². The highest BCUT2D eigenvalue weighted by Crippen LogP contribution is 2.31. The minimum absolute atomic E-state index is 0.0965. The van der Waals surface area contributed by atoms with Crippen LogP contribution in [0.2, 0.25) is 0 Å². The summed E-state index contributed by atoms with van der Waals surface area (Å²) in [5.41, 5.74) is 4.43. The predicted molar refractivity (Wildman–Crippen MR) is 127 cm³/mol. The lowest BCUT2D eigenvalue weighted by molar-refractivity contribution is 0.291. The van der Waals surface area contributed by atoms with Crippen LogP contribution >= 0.6 is 0 Å². The molecule has 0 fully saturated rings. The van der Waals surface area contributed by atoms with Crippen molar-refractivity contribution in [3.8, 4) is 11.6 Å². The summed E-state index contributed by atoms with van der Waals surface area (Å²) in [4.78, 5) is 4.68. The molecule has 8 heteroatoms. The van der Waals surface area contributed by atoms with E-state index in [1.165, 1.54) is 0 Å². The number of ether oxygens (including phenoxy) is 2. The fourth-order valence-corrected chi connectivity index (χ4v) is 4.35. The van der Waals surface area contributed by atoms with Gasteiger partial charge in [-0.05, 0) is 42.7 Å². The molecular weight excluding hydrogens is 440 g/mol. The standard InChI is InChI=1S/C25H26N2O5S/c1-18-24-22(12-14-27(24)16-19-8-10-21(31-2)11-9-19)23(13-15-33(28,29)30)25(26-18)32-17-20-6-4-3-5-7-20/h3-12,14H,13,15-17H2,1-2H3,(H,28,29,30). The number of hydrogen-bond donors (Lipinski definition) is 1. The highest BCUT2D eigenvalue weighted by Gasteiger charge is 2.19. The van der Waals surface area contributed by atoms with Gasteiger partial charge in [0.05, 0.1) is 24.1 Å². The second-order valence-corrected chi connectivity index (χ2v) is 9.42. The van der Waals surface area contributed by atoms with Crippen molar-refractivity contribution in [2.24, 2.45) is 0 Å². The SMILES string of the molecule is COc1ccc(Cn2ccc3c(CCS(=O)(=O)O)c(OCc4ccccc4)nc(C)c32)cc1. The second kappa shape index (κ2) is 9.64. The second-order valence-electron chi connectivity index (χ2n) is 7.85. The normalized spacial score (nSPS) is 11.6. The van der Waals surface area contributed by atoms with Crippen LogP contribution in [0, 0.1) is 6.92 Å². The lowest BCUT2D eigenvalue weighted by Gasteiger charge is -2.15. The molecule has 172 valence electrons. The minimum atomic E-state index is -4.14. The number of hydrogen-bond acceptors (Lipinski definition) is 5. The topological polar surface area (TPSA) is 90.7 Å². The molecular formula is C25H26N2O5S. The van der Waals surface area contributed by atoms with Gasteiger partial charge in [0.15, 0.2) is 0 Å². The van der Waals surface area contributed by atoms with Gasteiger partial charge in [-0.15, -0.1) is 0 Å². The average molecular weight is 467 g/mol. The molecule has 0 atom stereocenters. The van der Waals surface area contributed by atoms with Crippen LogP contribution in [-0.4, -0.2) is 35.4 Å². The minimum Gasteiger partial charge on any atom is -0.497 e. The van der Waals surface area contributed by atoms with Gasteiger partial charge in [0, 0.05) is 23.7 Å². The molecule has 0 bridgehead atoms. The molecule has 33 heavy (non-hydrogen) atoms. The molecule has 0 amide bonds. The molecule has 2 aromatic heterocycles. The number of benzene rings is 2. The van der Waals surface area contributed by atoms with Crippen LogP contribution in [0.3, 0.4) is 0 Å². The van der Waals surface area contributed by atoms with Gasteiger partial charge in [-0.25, -0.2) is 4.98 Å². The Kier molecular flexibility index (Phi) is 6.67. The number of fused-ring (bicyclic) bond motifs is 1. The van der Waals surface area contributed by atoms with Crippen LogP contribution in [-0.2, 0) is 29.7 Å². The summed E-state index contributed by atoms with van der Waals surface area (Å²) >= 11 is 0. The van der Waals surface area contributed by atoms with Gasteiger partial charge >= 0.3 is 0 Å². The summed E-state index contributed by atoms with van der Waals surface area (Å²) in [7, 11) is -2.50. The van der Waals surface area contributed by atoms with Gasteiger partial charge < -0.3 is 14.0 Å². The maximum atomic E-state index is 11.5. The molecule has 4 aromatic rings. The van der Waals surface area contributed by atoms with Crippen LogP contribution < -0.4 is 9.47 Å². The van der Waals surface area contributed by atoms with Crippen LogP contribution in [0.15, 0.2) is 66.9 Å². The largest absolute Gasteiger partial charge is 0.497 e. The van der Waals surface area contributed by atoms with E-state index in [-0.39, 0.29) is 6.42 Å². The third kappa shape index (κ3) is 5.53. The fraction of sp³-hybridized carbons (Fsp3) is 0.240. The summed E-state index contributed by atoms with van der Waals surface area (Å²) in [5, 5.41) is 0.864. The number of aromatic nitrogens is 2. The van der Waals surface area contributed by atoms with E-state index in [1.54, 1.807) is 7.11 Å². The van der Waals surface area contributed by atoms with Crippen LogP contribution in [0.25, 0.3) is 10.9 Å². The molecule has 0 aliphatic rings. The number of rotatable bonds is 9. The molecule has 0 spiro atoms. The molecule has 4 rings (SSSR count). The summed E-state index contributed by atoms with van der Waals surface area (Å²) in [6.45, 7) is 2.84. The number of nitrogens with zero attached hydrogens (tertiary/aromatic N) is 2. The summed E-state index contributed by atoms with van der Waals surface area (Å²) in [6, 6.07) is 19.5. The monoisotopic (exact) mass is 466 g/mol. The Morgan fingerprint density at radius 1 is 1.00 bits per heavy atom. The number of methoxy groups -OCH3 is 1. The molecule has 2 heterocycles. The van der Waals surface area contributed by atoms with Gasteiger partial charge in [0.1, 0.15) is 12.4 Å². The lowest BCUT2D eigenvalue weighted by Crippen LogP contribution is -2.10. The van der Waals surface area contributed by atoms with E-state index in [4.69, 9.17) is 9.47 Å². The third-order valence-corrected chi connectivity index (χ3v) is 6.22. The first-order valence-corrected chi connectivity index (χ1v) is 12.2. The molecule has 0 aliphatic carbocycles. The molecule has 7 nitrogen and oxygen atoms in total. The fourth-order valence-electron chi connectivity index (χ4n) is 3.88. The lowest BCUT2D eigenvalue weighted by atomic mass is 10.1. The summed E-state index contributed by atoms with van der Waals surface area (Å²) < 4.78 is 45.6. The van der Waals surface area contributed by atoms with Crippen molar-refractivity contribution in [1.82, 2.24) is 9.55 Å². The zero-order valence-corrected chi connectivity index (χ0v) is 19.4. The maximum Gasteiger partial charge on any atom is 0.265 e. The Bertz CT molecular complexity index is 1350.